The maximum Gasteiger partial charge on any atom is 0.325 e. The van der Waals surface area contributed by atoms with Crippen molar-refractivity contribution < 1.29 is 23.6 Å². The van der Waals surface area contributed by atoms with Crippen molar-refractivity contribution in [2.24, 2.45) is 0 Å². The highest BCUT2D eigenvalue weighted by molar-refractivity contribution is 6.11. The molecule has 1 unspecified atom stereocenters. The van der Waals surface area contributed by atoms with Crippen LogP contribution in [0.15, 0.2) is 72.8 Å². The average Bonchev–Trinajstić information content (AvgIpc) is 3.32. The summed E-state index contributed by atoms with van der Waals surface area (Å²) >= 11 is 0. The second kappa shape index (κ2) is 8.68. The Morgan fingerprint density at radius 2 is 1.69 bits per heavy atom. The Morgan fingerprint density at radius 1 is 0.943 bits per heavy atom. The fraction of sp³-hybridized carbons (Fsp3) is 0.154. The van der Waals surface area contributed by atoms with E-state index in [1.807, 2.05) is 24.3 Å². The van der Waals surface area contributed by atoms with E-state index in [2.05, 4.69) is 16.0 Å². The van der Waals surface area contributed by atoms with Gasteiger partial charge in [-0.05, 0) is 60.4 Å². The van der Waals surface area contributed by atoms with Gasteiger partial charge in [0.05, 0.1) is 0 Å². The number of halogens is 1. The van der Waals surface area contributed by atoms with Gasteiger partial charge in [-0.2, -0.15) is 0 Å². The Balaban J connectivity index is 1.26. The molecule has 1 aliphatic carbocycles. The van der Waals surface area contributed by atoms with Crippen LogP contribution in [-0.4, -0.2) is 35.2 Å². The van der Waals surface area contributed by atoms with E-state index in [9.17, 15) is 23.6 Å². The van der Waals surface area contributed by atoms with Crippen LogP contribution < -0.4 is 16.0 Å². The van der Waals surface area contributed by atoms with Gasteiger partial charge in [0.15, 0.2) is 0 Å². The Morgan fingerprint density at radius 3 is 2.49 bits per heavy atom. The lowest BCUT2D eigenvalue weighted by atomic mass is 9.92. The lowest BCUT2D eigenvalue weighted by molar-refractivity contribution is -0.134. The zero-order chi connectivity index (χ0) is 24.6. The second-order valence-electron chi connectivity index (χ2n) is 8.48. The monoisotopic (exact) mass is 472 g/mol. The minimum Gasteiger partial charge on any atom is -0.325 e. The van der Waals surface area contributed by atoms with Crippen LogP contribution in [0.3, 0.4) is 0 Å². The van der Waals surface area contributed by atoms with Crippen molar-refractivity contribution in [3.63, 3.8) is 0 Å². The highest BCUT2D eigenvalue weighted by atomic mass is 19.1. The number of urea groups is 1. The lowest BCUT2D eigenvalue weighted by Gasteiger charge is -2.22. The van der Waals surface area contributed by atoms with Gasteiger partial charge >= 0.3 is 6.03 Å². The summed E-state index contributed by atoms with van der Waals surface area (Å²) in [6.07, 6.45) is 1.10. The number of aryl methyl sites for hydroxylation is 1. The molecule has 5 rings (SSSR count). The minimum atomic E-state index is -1.14. The van der Waals surface area contributed by atoms with Gasteiger partial charge in [0.25, 0.3) is 11.8 Å². The van der Waals surface area contributed by atoms with Crippen molar-refractivity contribution in [3.05, 3.63) is 95.3 Å². The number of hydrogen-bond acceptors (Lipinski definition) is 4. The average molecular weight is 472 g/mol. The number of nitrogens with zero attached hydrogens (tertiary/aromatic N) is 1. The van der Waals surface area contributed by atoms with Gasteiger partial charge in [0.2, 0.25) is 5.91 Å². The first-order chi connectivity index (χ1) is 16.9. The van der Waals surface area contributed by atoms with Crippen LogP contribution in [0.25, 0.3) is 0 Å². The van der Waals surface area contributed by atoms with Crippen LogP contribution in [0.2, 0.25) is 0 Å². The molecule has 35 heavy (non-hydrogen) atoms. The Bertz CT molecular complexity index is 1370. The third-order valence-electron chi connectivity index (χ3n) is 6.21. The van der Waals surface area contributed by atoms with E-state index >= 15 is 0 Å². The van der Waals surface area contributed by atoms with Crippen molar-refractivity contribution in [2.75, 3.05) is 17.2 Å². The molecule has 1 atom stereocenters. The van der Waals surface area contributed by atoms with Crippen molar-refractivity contribution in [1.82, 2.24) is 10.2 Å². The maximum atomic E-state index is 13.4. The number of carbonyl (C=O) groups is 4. The highest BCUT2D eigenvalue weighted by Crippen LogP contribution is 2.41. The molecule has 1 saturated heterocycles. The summed E-state index contributed by atoms with van der Waals surface area (Å²) in [6, 6.07) is 18.5. The van der Waals surface area contributed by atoms with E-state index in [0.29, 0.717) is 24.2 Å². The molecule has 1 heterocycles. The third-order valence-corrected chi connectivity index (χ3v) is 6.21. The fourth-order valence-corrected chi connectivity index (χ4v) is 4.58. The number of amides is 5. The number of rotatable bonds is 5. The number of benzene rings is 3. The zero-order valence-electron chi connectivity index (χ0n) is 18.5. The first-order valence-corrected chi connectivity index (χ1v) is 11.0. The number of nitrogens with one attached hydrogen (secondary N) is 3. The molecule has 3 aromatic rings. The Kier molecular flexibility index (Phi) is 5.52. The molecule has 0 bridgehead atoms. The predicted octanol–water partition coefficient (Wildman–Crippen LogP) is 3.41. The van der Waals surface area contributed by atoms with Crippen molar-refractivity contribution >= 4 is 35.1 Å². The summed E-state index contributed by atoms with van der Waals surface area (Å²) in [7, 11) is 0. The largest absolute Gasteiger partial charge is 0.325 e. The molecule has 1 spiro atoms. The van der Waals surface area contributed by atoms with E-state index in [0.717, 1.165) is 16.0 Å². The summed E-state index contributed by atoms with van der Waals surface area (Å²) in [5.41, 5.74) is 1.48. The van der Waals surface area contributed by atoms with Gasteiger partial charge in [0, 0.05) is 16.9 Å². The topological polar surface area (TPSA) is 108 Å². The molecular formula is C26H21FN4O4. The first-order valence-electron chi connectivity index (χ1n) is 11.0. The van der Waals surface area contributed by atoms with Crippen LogP contribution in [0.4, 0.5) is 20.6 Å². The highest BCUT2D eigenvalue weighted by Gasteiger charge is 2.55. The fourth-order valence-electron chi connectivity index (χ4n) is 4.58. The smallest absolute Gasteiger partial charge is 0.325 e. The number of carbonyl (C=O) groups excluding carboxylic acids is 4. The van der Waals surface area contributed by atoms with Crippen molar-refractivity contribution in [3.8, 4) is 0 Å². The van der Waals surface area contributed by atoms with Crippen molar-refractivity contribution in [1.29, 1.82) is 0 Å². The van der Waals surface area contributed by atoms with Crippen LogP contribution >= 0.6 is 0 Å². The molecule has 176 valence electrons. The normalized spacial score (nSPS) is 18.4. The summed E-state index contributed by atoms with van der Waals surface area (Å²) in [5.74, 6) is -2.00. The second-order valence-corrected chi connectivity index (χ2v) is 8.48. The van der Waals surface area contributed by atoms with Gasteiger partial charge in [-0.15, -0.1) is 0 Å². The number of anilines is 2. The molecule has 0 aromatic heterocycles. The zero-order valence-corrected chi connectivity index (χ0v) is 18.5. The van der Waals surface area contributed by atoms with Gasteiger partial charge < -0.3 is 16.0 Å². The molecule has 5 amide bonds. The van der Waals surface area contributed by atoms with E-state index in [4.69, 9.17) is 0 Å². The van der Waals surface area contributed by atoms with Gasteiger partial charge in [-0.1, -0.05) is 36.4 Å². The van der Waals surface area contributed by atoms with Crippen molar-refractivity contribution in [2.45, 2.75) is 18.4 Å². The van der Waals surface area contributed by atoms with Gasteiger partial charge in [-0.3, -0.25) is 19.3 Å². The van der Waals surface area contributed by atoms with Crippen LogP contribution in [0, 0.1) is 5.82 Å². The van der Waals surface area contributed by atoms with Crippen LogP contribution in [0.1, 0.15) is 27.9 Å². The van der Waals surface area contributed by atoms with E-state index < -0.39 is 41.7 Å². The van der Waals surface area contributed by atoms with Gasteiger partial charge in [0.1, 0.15) is 17.9 Å². The van der Waals surface area contributed by atoms with E-state index in [1.54, 1.807) is 24.3 Å². The lowest BCUT2D eigenvalue weighted by Crippen LogP contribution is -2.43. The minimum absolute atomic E-state index is 0.239. The molecule has 3 N–H and O–H groups in total. The van der Waals surface area contributed by atoms with E-state index in [-0.39, 0.29) is 5.56 Å². The number of imide groups is 1. The summed E-state index contributed by atoms with van der Waals surface area (Å²) in [5, 5.41) is 8.00. The maximum absolute atomic E-state index is 13.4. The molecule has 2 aliphatic rings. The van der Waals surface area contributed by atoms with Crippen LogP contribution in [-0.2, 0) is 21.5 Å². The molecule has 8 nitrogen and oxygen atoms in total. The molecule has 3 aromatic carbocycles. The Hall–Kier alpha value is -4.53. The number of hydrogen-bond donors (Lipinski definition) is 3. The Labute approximate surface area is 200 Å². The quantitative estimate of drug-likeness (QED) is 0.495. The first kappa shape index (κ1) is 22.3. The van der Waals surface area contributed by atoms with E-state index in [1.165, 1.54) is 24.3 Å². The molecule has 9 heteroatoms. The molecule has 0 saturated carbocycles. The standard InChI is InChI=1S/C26H21FN4O4/c27-18-7-4-9-20(14-18)29-23(33)17-6-3-8-19(13-17)28-22(32)15-31-24(34)26(30-25(31)35)12-11-16-5-1-2-10-21(16)26/h1-10,13-14H,11-12,15H2,(H,28,32)(H,29,33)(H,30,35). The summed E-state index contributed by atoms with van der Waals surface area (Å²) in [4.78, 5) is 52.0. The predicted molar refractivity (Wildman–Crippen MR) is 126 cm³/mol. The summed E-state index contributed by atoms with van der Waals surface area (Å²) < 4.78 is 13.4. The summed E-state index contributed by atoms with van der Waals surface area (Å²) in [6.45, 7) is -0.464. The molecule has 1 fully saturated rings. The number of fused-ring (bicyclic) bond motifs is 2. The van der Waals surface area contributed by atoms with Crippen LogP contribution in [0.5, 0.6) is 0 Å². The van der Waals surface area contributed by atoms with Gasteiger partial charge in [-0.25, -0.2) is 9.18 Å². The third kappa shape index (κ3) is 4.12. The SMILES string of the molecule is O=C(CN1C(=O)NC2(CCc3ccccc32)C1=O)Nc1cccc(C(=O)Nc2cccc(F)c2)c1. The molecule has 0 radical (unpaired) electrons. The molecular weight excluding hydrogens is 451 g/mol. The molecule has 1 aliphatic heterocycles.